The van der Waals surface area contributed by atoms with Crippen molar-refractivity contribution in [3.63, 3.8) is 0 Å². The normalized spacial score (nSPS) is 10.5. The summed E-state index contributed by atoms with van der Waals surface area (Å²) in [4.78, 5) is 0. The lowest BCUT2D eigenvalue weighted by atomic mass is 10.4. The van der Waals surface area contributed by atoms with Gasteiger partial charge in [-0.2, -0.15) is 0 Å². The molecular formula is C8H5NOSi2. The van der Waals surface area contributed by atoms with Crippen LogP contribution in [0.15, 0.2) is 30.6 Å². The van der Waals surface area contributed by atoms with Crippen LogP contribution in [0.3, 0.4) is 0 Å². The van der Waals surface area contributed by atoms with E-state index in [9.17, 15) is 0 Å². The molecule has 2 nitrogen and oxygen atoms in total. The molecule has 0 atom stereocenters. The number of aromatic nitrogens is 1. The van der Waals surface area contributed by atoms with Gasteiger partial charge in [0.15, 0.2) is 0 Å². The van der Waals surface area contributed by atoms with E-state index in [0.717, 1.165) is 16.5 Å². The van der Waals surface area contributed by atoms with E-state index >= 15 is 0 Å². The largest absolute Gasteiger partial charge is 0.539 e. The predicted molar refractivity (Wildman–Crippen MR) is 49.2 cm³/mol. The van der Waals surface area contributed by atoms with Crippen molar-refractivity contribution in [2.75, 3.05) is 0 Å². The van der Waals surface area contributed by atoms with Crippen molar-refractivity contribution in [1.29, 1.82) is 0 Å². The zero-order chi connectivity index (χ0) is 8.55. The Bertz CT molecular complexity index is 410. The molecule has 2 aromatic heterocycles. The second-order valence-electron chi connectivity index (χ2n) is 2.47. The fourth-order valence-corrected chi connectivity index (χ4v) is 1.84. The molecule has 0 saturated heterocycles. The number of fused-ring (bicyclic) bond motifs is 1. The summed E-state index contributed by atoms with van der Waals surface area (Å²) in [6, 6.07) is 5.92. The van der Waals surface area contributed by atoms with Crippen molar-refractivity contribution in [2.45, 2.75) is 0 Å². The Labute approximate surface area is 77.1 Å². The number of nitrogens with zero attached hydrogens (tertiary/aromatic N) is 1. The van der Waals surface area contributed by atoms with Crippen molar-refractivity contribution in [3.8, 4) is 5.75 Å². The quantitative estimate of drug-likeness (QED) is 0.581. The predicted octanol–water partition coefficient (Wildman–Crippen LogP) is 0.195. The SMILES string of the molecule is [Si]Oc1c([Si])cn2ccccc12. The van der Waals surface area contributed by atoms with Gasteiger partial charge in [-0.15, -0.1) is 0 Å². The first-order valence-corrected chi connectivity index (χ1v) is 4.38. The standard InChI is InChI=1S/C8H5NOSi2/c11-7-5-9-4-2-1-3-6(9)8(7)10-12/h1-5H. The number of hydrogen-bond acceptors (Lipinski definition) is 1. The minimum absolute atomic E-state index is 0.795. The molecule has 4 heteroatoms. The van der Waals surface area contributed by atoms with E-state index in [1.54, 1.807) is 0 Å². The van der Waals surface area contributed by atoms with E-state index in [-0.39, 0.29) is 0 Å². The molecular weight excluding hydrogens is 182 g/mol. The second kappa shape index (κ2) is 2.80. The zero-order valence-electron chi connectivity index (χ0n) is 6.24. The maximum atomic E-state index is 5.03. The number of hydrogen-bond donors (Lipinski definition) is 0. The summed E-state index contributed by atoms with van der Waals surface area (Å²) in [6.45, 7) is 0. The summed E-state index contributed by atoms with van der Waals surface area (Å²) >= 11 is 0. The molecule has 0 aliphatic heterocycles. The molecule has 6 radical (unpaired) electrons. The zero-order valence-corrected chi connectivity index (χ0v) is 8.24. The molecule has 0 aromatic carbocycles. The topological polar surface area (TPSA) is 13.6 Å². The van der Waals surface area contributed by atoms with Crippen molar-refractivity contribution in [3.05, 3.63) is 30.6 Å². The monoisotopic (exact) mass is 187 g/mol. The van der Waals surface area contributed by atoms with Crippen LogP contribution in [0.2, 0.25) is 0 Å². The molecule has 12 heavy (non-hydrogen) atoms. The Kier molecular flexibility index (Phi) is 1.78. The summed E-state index contributed by atoms with van der Waals surface area (Å²) in [7, 11) is 6.46. The van der Waals surface area contributed by atoms with Crippen molar-refractivity contribution >= 4 is 31.4 Å². The number of rotatable bonds is 1. The van der Waals surface area contributed by atoms with Gasteiger partial charge in [-0.05, 0) is 17.3 Å². The summed E-state index contributed by atoms with van der Waals surface area (Å²) in [5, 5.41) is 0.927. The van der Waals surface area contributed by atoms with E-state index in [1.807, 2.05) is 35.0 Å². The third-order valence-corrected chi connectivity index (χ3v) is 2.30. The summed E-state index contributed by atoms with van der Waals surface area (Å²) in [5.41, 5.74) is 1.03. The van der Waals surface area contributed by atoms with E-state index in [2.05, 4.69) is 20.7 Å². The van der Waals surface area contributed by atoms with Gasteiger partial charge in [-0.1, -0.05) is 6.07 Å². The summed E-state index contributed by atoms with van der Waals surface area (Å²) < 4.78 is 7.02. The van der Waals surface area contributed by atoms with Crippen molar-refractivity contribution < 1.29 is 4.43 Å². The van der Waals surface area contributed by atoms with Crippen molar-refractivity contribution in [1.82, 2.24) is 4.40 Å². The van der Waals surface area contributed by atoms with Crippen LogP contribution < -0.4 is 9.61 Å². The highest BCUT2D eigenvalue weighted by Gasteiger charge is 2.04. The van der Waals surface area contributed by atoms with Gasteiger partial charge < -0.3 is 8.83 Å². The Morgan fingerprint density at radius 2 is 2.17 bits per heavy atom. The Balaban J connectivity index is 2.81. The third-order valence-electron chi connectivity index (χ3n) is 1.74. The maximum absolute atomic E-state index is 5.03. The van der Waals surface area contributed by atoms with Gasteiger partial charge in [-0.3, -0.25) is 0 Å². The van der Waals surface area contributed by atoms with Crippen LogP contribution in [0.25, 0.3) is 5.52 Å². The molecule has 0 spiro atoms. The molecule has 2 rings (SSSR count). The van der Waals surface area contributed by atoms with Gasteiger partial charge in [0.1, 0.15) is 5.75 Å². The summed E-state index contributed by atoms with van der Waals surface area (Å²) in [6.07, 6.45) is 3.91. The van der Waals surface area contributed by atoms with Gasteiger partial charge in [0.25, 0.3) is 0 Å². The minimum Gasteiger partial charge on any atom is -0.539 e. The van der Waals surface area contributed by atoms with Crippen LogP contribution in [0.5, 0.6) is 5.75 Å². The first-order chi connectivity index (χ1) is 5.83. The molecule has 0 aliphatic rings. The van der Waals surface area contributed by atoms with Crippen LogP contribution in [0.4, 0.5) is 0 Å². The van der Waals surface area contributed by atoms with E-state index in [1.165, 1.54) is 0 Å². The van der Waals surface area contributed by atoms with Crippen LogP contribution in [0.1, 0.15) is 0 Å². The highest BCUT2D eigenvalue weighted by molar-refractivity contribution is 6.35. The molecule has 0 bridgehead atoms. The summed E-state index contributed by atoms with van der Waals surface area (Å²) in [5.74, 6) is 0.795. The molecule has 0 unspecified atom stereocenters. The molecule has 2 aromatic rings. The molecule has 0 N–H and O–H groups in total. The smallest absolute Gasteiger partial charge is 0.341 e. The Hall–Kier alpha value is -1.01. The lowest BCUT2D eigenvalue weighted by Gasteiger charge is -1.98. The van der Waals surface area contributed by atoms with Gasteiger partial charge in [0.2, 0.25) is 0 Å². The fourth-order valence-electron chi connectivity index (χ4n) is 1.20. The fraction of sp³-hybridized carbons (Fsp3) is 0. The Morgan fingerprint density at radius 3 is 2.92 bits per heavy atom. The lowest BCUT2D eigenvalue weighted by Crippen LogP contribution is -2.02. The highest BCUT2D eigenvalue weighted by Crippen LogP contribution is 2.16. The highest BCUT2D eigenvalue weighted by atomic mass is 28.2. The van der Waals surface area contributed by atoms with E-state index < -0.39 is 0 Å². The van der Waals surface area contributed by atoms with Gasteiger partial charge in [0.05, 0.1) is 15.8 Å². The van der Waals surface area contributed by atoms with Gasteiger partial charge >= 0.3 is 10.5 Å². The average molecular weight is 187 g/mol. The number of pyridine rings is 1. The lowest BCUT2D eigenvalue weighted by molar-refractivity contribution is 0.628. The molecule has 56 valence electrons. The average Bonchev–Trinajstić information content (AvgIpc) is 2.40. The molecule has 0 aliphatic carbocycles. The molecule has 2 heterocycles. The van der Waals surface area contributed by atoms with Crippen LogP contribution in [-0.4, -0.2) is 25.1 Å². The minimum atomic E-state index is 0.795. The molecule has 0 saturated carbocycles. The third kappa shape index (κ3) is 0.998. The Morgan fingerprint density at radius 1 is 1.33 bits per heavy atom. The first-order valence-electron chi connectivity index (χ1n) is 3.48. The van der Waals surface area contributed by atoms with Crippen LogP contribution >= 0.6 is 0 Å². The van der Waals surface area contributed by atoms with Gasteiger partial charge in [-0.25, -0.2) is 0 Å². The molecule has 0 fully saturated rings. The maximum Gasteiger partial charge on any atom is 0.341 e. The first kappa shape index (κ1) is 7.63. The van der Waals surface area contributed by atoms with Gasteiger partial charge in [0, 0.05) is 12.4 Å². The molecule has 0 amide bonds. The van der Waals surface area contributed by atoms with Crippen molar-refractivity contribution in [2.24, 2.45) is 0 Å². The van der Waals surface area contributed by atoms with Crippen LogP contribution in [0, 0.1) is 0 Å². The second-order valence-corrected chi connectivity index (χ2v) is 3.21. The van der Waals surface area contributed by atoms with Crippen LogP contribution in [-0.2, 0) is 0 Å². The van der Waals surface area contributed by atoms with E-state index in [0.29, 0.717) is 0 Å². The van der Waals surface area contributed by atoms with E-state index in [4.69, 9.17) is 4.43 Å².